The van der Waals surface area contributed by atoms with Crippen LogP contribution in [0.25, 0.3) is 0 Å². The van der Waals surface area contributed by atoms with Crippen LogP contribution in [0.4, 0.5) is 0 Å². The Bertz CT molecular complexity index is 437. The van der Waals surface area contributed by atoms with Gasteiger partial charge in [0.05, 0.1) is 0 Å². The molecule has 1 fully saturated rings. The molecule has 2 rings (SSSR count). The van der Waals surface area contributed by atoms with E-state index in [-0.39, 0.29) is 0 Å². The predicted octanol–water partition coefficient (Wildman–Crippen LogP) is 5.69. The van der Waals surface area contributed by atoms with Crippen LogP contribution < -0.4 is 5.32 Å². The van der Waals surface area contributed by atoms with Crippen molar-refractivity contribution in [2.45, 2.75) is 52.5 Å². The van der Waals surface area contributed by atoms with Crippen molar-refractivity contribution in [1.82, 2.24) is 5.32 Å². The van der Waals surface area contributed by atoms with Gasteiger partial charge in [0.15, 0.2) is 0 Å². The van der Waals surface area contributed by atoms with Crippen LogP contribution in [-0.4, -0.2) is 6.54 Å². The summed E-state index contributed by atoms with van der Waals surface area (Å²) in [6, 6.07) is 5.67. The van der Waals surface area contributed by atoms with Gasteiger partial charge in [-0.05, 0) is 54.4 Å². The molecule has 1 nitrogen and oxygen atoms in total. The van der Waals surface area contributed by atoms with Gasteiger partial charge in [-0.3, -0.25) is 0 Å². The van der Waals surface area contributed by atoms with Gasteiger partial charge in [0.2, 0.25) is 0 Å². The van der Waals surface area contributed by atoms with Crippen LogP contribution in [0.5, 0.6) is 0 Å². The molecule has 0 atom stereocenters. The molecule has 1 aromatic carbocycles. The molecule has 1 aliphatic carbocycles. The van der Waals surface area contributed by atoms with Gasteiger partial charge in [-0.2, -0.15) is 0 Å². The highest BCUT2D eigenvalue weighted by molar-refractivity contribution is 6.33. The first-order valence-electron chi connectivity index (χ1n) is 7.65. The molecule has 1 aliphatic rings. The van der Waals surface area contributed by atoms with E-state index in [2.05, 4.69) is 19.2 Å². The summed E-state index contributed by atoms with van der Waals surface area (Å²) in [5.41, 5.74) is 1.59. The zero-order valence-corrected chi connectivity index (χ0v) is 14.0. The molecule has 0 bridgehead atoms. The van der Waals surface area contributed by atoms with Crippen molar-refractivity contribution in [3.8, 4) is 0 Å². The van der Waals surface area contributed by atoms with E-state index < -0.39 is 0 Å². The summed E-state index contributed by atoms with van der Waals surface area (Å²) in [4.78, 5) is 0. The van der Waals surface area contributed by atoms with Crippen molar-refractivity contribution in [1.29, 1.82) is 0 Å². The van der Waals surface area contributed by atoms with Gasteiger partial charge in [0.1, 0.15) is 0 Å². The van der Waals surface area contributed by atoms with Gasteiger partial charge in [-0.15, -0.1) is 0 Å². The number of benzene rings is 1. The molecule has 20 heavy (non-hydrogen) atoms. The van der Waals surface area contributed by atoms with Crippen LogP contribution in [0.1, 0.15) is 51.5 Å². The summed E-state index contributed by atoms with van der Waals surface area (Å²) >= 11 is 12.2. The van der Waals surface area contributed by atoms with E-state index in [9.17, 15) is 0 Å². The fourth-order valence-electron chi connectivity index (χ4n) is 3.59. The van der Waals surface area contributed by atoms with Crippen molar-refractivity contribution in [2.75, 3.05) is 6.54 Å². The van der Waals surface area contributed by atoms with Crippen molar-refractivity contribution in [3.63, 3.8) is 0 Å². The molecule has 0 saturated heterocycles. The Balaban J connectivity index is 1.91. The maximum atomic E-state index is 6.21. The monoisotopic (exact) mass is 313 g/mol. The highest BCUT2D eigenvalue weighted by Gasteiger charge is 2.33. The lowest BCUT2D eigenvalue weighted by atomic mass is 9.78. The Morgan fingerprint density at radius 1 is 1.20 bits per heavy atom. The first-order valence-corrected chi connectivity index (χ1v) is 8.41. The lowest BCUT2D eigenvalue weighted by Gasteiger charge is -2.31. The minimum absolute atomic E-state index is 0.499. The fraction of sp³-hybridized carbons (Fsp3) is 0.647. The maximum Gasteiger partial charge on any atom is 0.0451 e. The number of rotatable bonds is 6. The van der Waals surface area contributed by atoms with Crippen molar-refractivity contribution in [2.24, 2.45) is 11.3 Å². The van der Waals surface area contributed by atoms with Crippen molar-refractivity contribution < 1.29 is 0 Å². The minimum atomic E-state index is 0.499. The zero-order valence-electron chi connectivity index (χ0n) is 12.5. The second kappa shape index (κ2) is 7.15. The molecule has 1 N–H and O–H groups in total. The number of nitrogens with one attached hydrogen (secondary N) is 1. The summed E-state index contributed by atoms with van der Waals surface area (Å²) in [6.45, 7) is 6.55. The fourth-order valence-corrected chi connectivity index (χ4v) is 3.96. The topological polar surface area (TPSA) is 12.0 Å². The Kier molecular flexibility index (Phi) is 5.77. The summed E-state index contributed by atoms with van der Waals surface area (Å²) in [5.74, 6) is 0.768. The first-order chi connectivity index (χ1) is 9.51. The molecule has 0 unspecified atom stereocenters. The average Bonchev–Trinajstić information content (AvgIpc) is 2.81. The zero-order chi connectivity index (χ0) is 14.6. The molecule has 1 saturated carbocycles. The van der Waals surface area contributed by atoms with Gasteiger partial charge < -0.3 is 5.32 Å². The second-order valence-corrected chi connectivity index (χ2v) is 7.49. The van der Waals surface area contributed by atoms with E-state index in [0.29, 0.717) is 5.41 Å². The van der Waals surface area contributed by atoms with Crippen molar-refractivity contribution >= 4 is 23.2 Å². The predicted molar refractivity (Wildman–Crippen MR) is 88.5 cm³/mol. The maximum absolute atomic E-state index is 6.21. The first kappa shape index (κ1) is 16.1. The standard InChI is InChI=1S/C17H25Cl2N/c1-13(2)10-17(7-3-4-8-17)12-20-11-14-9-15(18)5-6-16(14)19/h5-6,9,13,20H,3-4,7-8,10-12H2,1-2H3. The lowest BCUT2D eigenvalue weighted by molar-refractivity contribution is 0.223. The van der Waals surface area contributed by atoms with Crippen LogP contribution >= 0.6 is 23.2 Å². The normalized spacial score (nSPS) is 17.9. The Hall–Kier alpha value is -0.240. The van der Waals surface area contributed by atoms with E-state index in [4.69, 9.17) is 23.2 Å². The second-order valence-electron chi connectivity index (χ2n) is 6.64. The van der Waals surface area contributed by atoms with Crippen LogP contribution in [0.2, 0.25) is 10.0 Å². The highest BCUT2D eigenvalue weighted by Crippen LogP contribution is 2.42. The lowest BCUT2D eigenvalue weighted by Crippen LogP contribution is -2.33. The minimum Gasteiger partial charge on any atom is -0.312 e. The molecule has 1 aromatic rings. The van der Waals surface area contributed by atoms with Gasteiger partial charge in [0.25, 0.3) is 0 Å². The Morgan fingerprint density at radius 3 is 2.55 bits per heavy atom. The molecule has 3 heteroatoms. The van der Waals surface area contributed by atoms with Crippen LogP contribution in [-0.2, 0) is 6.54 Å². The summed E-state index contributed by atoms with van der Waals surface area (Å²) in [6.07, 6.45) is 6.81. The SMILES string of the molecule is CC(C)CC1(CNCc2cc(Cl)ccc2Cl)CCCC1. The van der Waals surface area contributed by atoms with E-state index in [1.165, 1.54) is 32.1 Å². The highest BCUT2D eigenvalue weighted by atomic mass is 35.5. The summed E-state index contributed by atoms with van der Waals surface area (Å²) < 4.78 is 0. The number of hydrogen-bond donors (Lipinski definition) is 1. The molecule has 0 aromatic heterocycles. The van der Waals surface area contributed by atoms with Gasteiger partial charge in [0, 0.05) is 23.1 Å². The quantitative estimate of drug-likeness (QED) is 0.711. The molecule has 0 spiro atoms. The molecular weight excluding hydrogens is 289 g/mol. The Morgan fingerprint density at radius 2 is 1.90 bits per heavy atom. The molecular formula is C17H25Cl2N. The largest absolute Gasteiger partial charge is 0.312 e. The van der Waals surface area contributed by atoms with E-state index in [1.54, 1.807) is 0 Å². The van der Waals surface area contributed by atoms with Crippen molar-refractivity contribution in [3.05, 3.63) is 33.8 Å². The van der Waals surface area contributed by atoms with Gasteiger partial charge in [-0.25, -0.2) is 0 Å². The van der Waals surface area contributed by atoms with E-state index >= 15 is 0 Å². The molecule has 0 heterocycles. The third-order valence-electron chi connectivity index (χ3n) is 4.33. The van der Waals surface area contributed by atoms with Crippen LogP contribution in [0.3, 0.4) is 0 Å². The molecule has 0 aliphatic heterocycles. The summed E-state index contributed by atoms with van der Waals surface area (Å²) in [5, 5.41) is 5.17. The van der Waals surface area contributed by atoms with Crippen LogP contribution in [0, 0.1) is 11.3 Å². The number of halogens is 2. The molecule has 112 valence electrons. The smallest absolute Gasteiger partial charge is 0.0451 e. The van der Waals surface area contributed by atoms with Crippen LogP contribution in [0.15, 0.2) is 18.2 Å². The van der Waals surface area contributed by atoms with Gasteiger partial charge >= 0.3 is 0 Å². The number of hydrogen-bond acceptors (Lipinski definition) is 1. The average molecular weight is 314 g/mol. The third kappa shape index (κ3) is 4.38. The Labute approximate surface area is 133 Å². The van der Waals surface area contributed by atoms with E-state index in [1.807, 2.05) is 18.2 Å². The third-order valence-corrected chi connectivity index (χ3v) is 4.93. The van der Waals surface area contributed by atoms with Gasteiger partial charge in [-0.1, -0.05) is 49.9 Å². The molecule has 0 amide bonds. The summed E-state index contributed by atoms with van der Waals surface area (Å²) in [7, 11) is 0. The molecule has 0 radical (unpaired) electrons. The van der Waals surface area contributed by atoms with E-state index in [0.717, 1.165) is 34.6 Å².